The van der Waals surface area contributed by atoms with Crippen LogP contribution in [-0.4, -0.2) is 31.7 Å². The zero-order valence-electron chi connectivity index (χ0n) is 17.1. The van der Waals surface area contributed by atoms with Crippen LogP contribution >= 0.6 is 0 Å². The lowest BCUT2D eigenvalue weighted by molar-refractivity contribution is -0.116. The summed E-state index contributed by atoms with van der Waals surface area (Å²) < 4.78 is 24.3. The summed E-state index contributed by atoms with van der Waals surface area (Å²) in [5.74, 6) is 1.81. The SMILES string of the molecule is COc1cc([C@H]2C(C#N)=C(n3cccc3)OC3=C2C(=O)CCC3)cc(OC)c1OC. The molecule has 0 spiro atoms. The van der Waals surface area contributed by atoms with Crippen molar-refractivity contribution in [3.8, 4) is 23.3 Å². The van der Waals surface area contributed by atoms with E-state index < -0.39 is 5.92 Å². The highest BCUT2D eigenvalue weighted by atomic mass is 16.5. The molecule has 7 heteroatoms. The monoisotopic (exact) mass is 406 g/mol. The number of aromatic nitrogens is 1. The van der Waals surface area contributed by atoms with Crippen LogP contribution < -0.4 is 14.2 Å². The number of hydrogen-bond donors (Lipinski definition) is 0. The van der Waals surface area contributed by atoms with Crippen molar-refractivity contribution in [2.75, 3.05) is 21.3 Å². The number of nitrogens with zero attached hydrogens (tertiary/aromatic N) is 2. The lowest BCUT2D eigenvalue weighted by atomic mass is 9.77. The van der Waals surface area contributed by atoms with E-state index in [2.05, 4.69) is 6.07 Å². The Kier molecular flexibility index (Phi) is 5.23. The molecule has 0 N–H and O–H groups in total. The first-order valence-electron chi connectivity index (χ1n) is 9.64. The van der Waals surface area contributed by atoms with Gasteiger partial charge in [0.2, 0.25) is 11.6 Å². The van der Waals surface area contributed by atoms with Gasteiger partial charge in [-0.2, -0.15) is 5.26 Å². The summed E-state index contributed by atoms with van der Waals surface area (Å²) in [5, 5.41) is 10.1. The van der Waals surface area contributed by atoms with Crippen LogP contribution in [0.15, 0.2) is 53.6 Å². The predicted octanol–water partition coefficient (Wildman–Crippen LogP) is 4.03. The minimum Gasteiger partial charge on any atom is -0.493 e. The quantitative estimate of drug-likeness (QED) is 0.746. The molecule has 2 heterocycles. The molecule has 0 bridgehead atoms. The van der Waals surface area contributed by atoms with E-state index in [-0.39, 0.29) is 5.78 Å². The van der Waals surface area contributed by atoms with Crippen LogP contribution in [-0.2, 0) is 9.53 Å². The maximum absolute atomic E-state index is 12.9. The Bertz CT molecular complexity index is 1060. The maximum atomic E-state index is 12.9. The van der Waals surface area contributed by atoms with E-state index in [1.54, 1.807) is 16.7 Å². The van der Waals surface area contributed by atoms with Crippen molar-refractivity contribution in [2.45, 2.75) is 25.2 Å². The van der Waals surface area contributed by atoms with Gasteiger partial charge in [0.1, 0.15) is 17.4 Å². The summed E-state index contributed by atoms with van der Waals surface area (Å²) in [5.41, 5.74) is 1.59. The standard InChI is InChI=1S/C23H22N2O5/c1-27-18-11-14(12-19(28-2)22(18)29-3)20-15(13-24)23(25-9-4-5-10-25)30-17-8-6-7-16(26)21(17)20/h4-5,9-12,20H,6-8H2,1-3H3/t20-/m0/s1. The number of ketones is 1. The minimum atomic E-state index is -0.586. The Hall–Kier alpha value is -3.66. The van der Waals surface area contributed by atoms with Crippen LogP contribution in [0.3, 0.4) is 0 Å². The van der Waals surface area contributed by atoms with Crippen molar-refractivity contribution < 1.29 is 23.7 Å². The van der Waals surface area contributed by atoms with E-state index >= 15 is 0 Å². The molecule has 4 rings (SSSR count). The molecule has 2 aromatic rings. The summed E-state index contributed by atoms with van der Waals surface area (Å²) >= 11 is 0. The average Bonchev–Trinajstić information content (AvgIpc) is 3.31. The Morgan fingerprint density at radius 3 is 2.30 bits per heavy atom. The molecule has 1 aliphatic heterocycles. The van der Waals surface area contributed by atoms with Crippen LogP contribution in [0.5, 0.6) is 17.2 Å². The largest absolute Gasteiger partial charge is 0.493 e. The Balaban J connectivity index is 1.98. The van der Waals surface area contributed by atoms with Crippen molar-refractivity contribution in [1.82, 2.24) is 4.57 Å². The Morgan fingerprint density at radius 2 is 1.73 bits per heavy atom. The molecule has 0 saturated carbocycles. The molecule has 0 fully saturated rings. The van der Waals surface area contributed by atoms with Gasteiger partial charge < -0.3 is 18.9 Å². The fourth-order valence-corrected chi connectivity index (χ4v) is 4.08. The van der Waals surface area contributed by atoms with Crippen molar-refractivity contribution in [2.24, 2.45) is 0 Å². The van der Waals surface area contributed by atoms with E-state index in [1.165, 1.54) is 21.3 Å². The van der Waals surface area contributed by atoms with Gasteiger partial charge >= 0.3 is 0 Å². The van der Waals surface area contributed by atoms with Gasteiger partial charge in [-0.05, 0) is 36.2 Å². The topological polar surface area (TPSA) is 82.7 Å². The number of nitriles is 1. The van der Waals surface area contributed by atoms with Gasteiger partial charge in [0.15, 0.2) is 17.3 Å². The Labute approximate surface area is 174 Å². The average molecular weight is 406 g/mol. The van der Waals surface area contributed by atoms with Gasteiger partial charge in [0.05, 0.1) is 27.2 Å². The minimum absolute atomic E-state index is 0.00527. The van der Waals surface area contributed by atoms with E-state index in [0.29, 0.717) is 58.4 Å². The fourth-order valence-electron chi connectivity index (χ4n) is 4.08. The summed E-state index contributed by atoms with van der Waals surface area (Å²) in [6.45, 7) is 0. The first kappa shape index (κ1) is 19.6. The van der Waals surface area contributed by atoms with Crippen LogP contribution in [0, 0.1) is 11.3 Å². The molecule has 0 amide bonds. The normalized spacial score (nSPS) is 18.5. The van der Waals surface area contributed by atoms with Crippen LogP contribution in [0.25, 0.3) is 5.88 Å². The fraction of sp³-hybridized carbons (Fsp3) is 0.304. The van der Waals surface area contributed by atoms with Gasteiger partial charge in [-0.1, -0.05) is 0 Å². The molecule has 1 aromatic heterocycles. The number of Topliss-reactive ketones (excluding diaryl/α,β-unsaturated/α-hetero) is 1. The van der Waals surface area contributed by atoms with Crippen LogP contribution in [0.2, 0.25) is 0 Å². The second-order valence-corrected chi connectivity index (χ2v) is 7.03. The molecule has 1 aromatic carbocycles. The number of hydrogen-bond acceptors (Lipinski definition) is 6. The van der Waals surface area contributed by atoms with E-state index in [0.717, 1.165) is 6.42 Å². The van der Waals surface area contributed by atoms with E-state index in [9.17, 15) is 10.1 Å². The zero-order chi connectivity index (χ0) is 21.3. The van der Waals surface area contributed by atoms with Crippen molar-refractivity contribution in [3.05, 3.63) is 59.1 Å². The van der Waals surface area contributed by atoms with Crippen molar-refractivity contribution >= 4 is 11.7 Å². The summed E-state index contributed by atoms with van der Waals surface area (Å²) in [6.07, 6.45) is 5.43. The molecule has 1 aliphatic carbocycles. The lowest BCUT2D eigenvalue weighted by Crippen LogP contribution is -2.26. The molecular formula is C23H22N2O5. The smallest absolute Gasteiger partial charge is 0.218 e. The Morgan fingerprint density at radius 1 is 1.07 bits per heavy atom. The van der Waals surface area contributed by atoms with Gasteiger partial charge in [-0.3, -0.25) is 9.36 Å². The summed E-state index contributed by atoms with van der Waals surface area (Å²) in [7, 11) is 4.60. The molecule has 2 aliphatic rings. The second kappa shape index (κ2) is 7.99. The van der Waals surface area contributed by atoms with Crippen LogP contribution in [0.1, 0.15) is 30.7 Å². The predicted molar refractivity (Wildman–Crippen MR) is 109 cm³/mol. The van der Waals surface area contributed by atoms with Gasteiger partial charge in [-0.15, -0.1) is 0 Å². The highest BCUT2D eigenvalue weighted by Crippen LogP contribution is 2.49. The molecule has 7 nitrogen and oxygen atoms in total. The van der Waals surface area contributed by atoms with Gasteiger partial charge in [0.25, 0.3) is 0 Å². The third-order valence-electron chi connectivity index (χ3n) is 5.42. The summed E-state index contributed by atoms with van der Waals surface area (Å²) in [6, 6.07) is 9.57. The van der Waals surface area contributed by atoms with Gasteiger partial charge in [0, 0.05) is 30.8 Å². The number of rotatable bonds is 5. The number of carbonyl (C=O) groups is 1. The molecule has 30 heavy (non-hydrogen) atoms. The second-order valence-electron chi connectivity index (χ2n) is 7.03. The molecule has 1 atom stereocenters. The molecule has 0 unspecified atom stereocenters. The molecular weight excluding hydrogens is 384 g/mol. The third-order valence-corrected chi connectivity index (χ3v) is 5.42. The number of benzene rings is 1. The van der Waals surface area contributed by atoms with Crippen LogP contribution in [0.4, 0.5) is 0 Å². The number of methoxy groups -OCH3 is 3. The third kappa shape index (κ3) is 3.11. The summed E-state index contributed by atoms with van der Waals surface area (Å²) in [4.78, 5) is 12.9. The number of carbonyl (C=O) groups excluding carboxylic acids is 1. The van der Waals surface area contributed by atoms with E-state index in [1.807, 2.05) is 24.5 Å². The number of allylic oxidation sites excluding steroid dienone is 3. The molecule has 0 radical (unpaired) electrons. The van der Waals surface area contributed by atoms with Gasteiger partial charge in [-0.25, -0.2) is 0 Å². The van der Waals surface area contributed by atoms with E-state index in [4.69, 9.17) is 18.9 Å². The van der Waals surface area contributed by atoms with Crippen molar-refractivity contribution in [1.29, 1.82) is 5.26 Å². The lowest BCUT2D eigenvalue weighted by Gasteiger charge is -2.32. The molecule has 154 valence electrons. The number of ether oxygens (including phenoxy) is 4. The first-order valence-corrected chi connectivity index (χ1v) is 9.64. The highest BCUT2D eigenvalue weighted by molar-refractivity contribution is 6.00. The first-order chi connectivity index (χ1) is 14.6. The molecule has 0 saturated heterocycles. The van der Waals surface area contributed by atoms with Crippen molar-refractivity contribution in [3.63, 3.8) is 0 Å². The maximum Gasteiger partial charge on any atom is 0.218 e. The zero-order valence-corrected chi connectivity index (χ0v) is 17.1. The highest BCUT2D eigenvalue weighted by Gasteiger charge is 2.39.